The molecule has 0 N–H and O–H groups in total. The predicted octanol–water partition coefficient (Wildman–Crippen LogP) is 1.79. The minimum Gasteiger partial charge on any atom is -0.449 e. The van der Waals surface area contributed by atoms with E-state index in [0.717, 1.165) is 0 Å². The molecule has 7 nitrogen and oxygen atoms in total. The Balaban J connectivity index is 3.88. The molecule has 0 radical (unpaired) electrons. The summed E-state index contributed by atoms with van der Waals surface area (Å²) < 4.78 is 37.6. The Bertz CT molecular complexity index is 437. The number of ether oxygens (including phenoxy) is 2. The number of carbonyl (C=O) groups excluding carboxylic acids is 2. The summed E-state index contributed by atoms with van der Waals surface area (Å²) in [7, 11) is -1.22. The second-order valence-electron chi connectivity index (χ2n) is 5.23. The Morgan fingerprint density at radius 2 is 1.30 bits per heavy atom. The molecule has 0 aromatic heterocycles. The lowest BCUT2D eigenvalue weighted by molar-refractivity contribution is -0.147. The van der Waals surface area contributed by atoms with Gasteiger partial charge in [0.1, 0.15) is 0 Å². The maximum absolute atomic E-state index is 11.6. The third-order valence-corrected chi connectivity index (χ3v) is 4.88. The SMILES string of the molecule is CC(C)OS(=O)C(C)OC(=O)CCCCC(=O)OC(C)S(C)=O. The topological polar surface area (TPSA) is 96.0 Å². The zero-order valence-electron chi connectivity index (χ0n) is 14.2. The summed E-state index contributed by atoms with van der Waals surface area (Å²) in [6, 6.07) is 0. The average molecular weight is 370 g/mol. The summed E-state index contributed by atoms with van der Waals surface area (Å²) in [5.74, 6) is -0.935. The minimum absolute atomic E-state index is 0.117. The largest absolute Gasteiger partial charge is 0.449 e. The number of hydrogen-bond acceptors (Lipinski definition) is 7. The van der Waals surface area contributed by atoms with E-state index >= 15 is 0 Å². The monoisotopic (exact) mass is 370 g/mol. The van der Waals surface area contributed by atoms with Gasteiger partial charge in [-0.15, -0.1) is 0 Å². The van der Waals surface area contributed by atoms with Gasteiger partial charge < -0.3 is 9.47 Å². The van der Waals surface area contributed by atoms with Crippen LogP contribution in [0.3, 0.4) is 0 Å². The van der Waals surface area contributed by atoms with Crippen molar-refractivity contribution in [2.24, 2.45) is 0 Å². The third kappa shape index (κ3) is 11.4. The van der Waals surface area contributed by atoms with Crippen LogP contribution in [0.25, 0.3) is 0 Å². The summed E-state index contributed by atoms with van der Waals surface area (Å²) >= 11 is -1.69. The second kappa shape index (κ2) is 11.7. The van der Waals surface area contributed by atoms with Crippen molar-refractivity contribution >= 4 is 33.8 Å². The highest BCUT2D eigenvalue weighted by molar-refractivity contribution is 7.84. The van der Waals surface area contributed by atoms with Crippen LogP contribution in [0.2, 0.25) is 0 Å². The quantitative estimate of drug-likeness (QED) is 0.404. The summed E-state index contributed by atoms with van der Waals surface area (Å²) in [4.78, 5) is 23.0. The van der Waals surface area contributed by atoms with Crippen LogP contribution >= 0.6 is 0 Å². The Morgan fingerprint density at radius 1 is 0.870 bits per heavy atom. The van der Waals surface area contributed by atoms with E-state index in [4.69, 9.17) is 13.7 Å². The molecule has 0 aliphatic carbocycles. The number of hydrogen-bond donors (Lipinski definition) is 0. The van der Waals surface area contributed by atoms with E-state index in [1.807, 2.05) is 0 Å². The minimum atomic E-state index is -1.69. The summed E-state index contributed by atoms with van der Waals surface area (Å²) in [6.45, 7) is 6.53. The first-order chi connectivity index (χ1) is 10.6. The van der Waals surface area contributed by atoms with Crippen LogP contribution < -0.4 is 0 Å². The molecule has 0 amide bonds. The fourth-order valence-corrected chi connectivity index (χ4v) is 2.37. The van der Waals surface area contributed by atoms with Crippen molar-refractivity contribution in [3.05, 3.63) is 0 Å². The summed E-state index contributed by atoms with van der Waals surface area (Å²) in [5, 5.41) is 0. The highest BCUT2D eigenvalue weighted by Crippen LogP contribution is 2.09. The molecule has 0 aliphatic rings. The van der Waals surface area contributed by atoms with Gasteiger partial charge in [-0.3, -0.25) is 18.0 Å². The molecular formula is C14H26O7S2. The molecule has 0 rings (SSSR count). The molecule has 0 aliphatic heterocycles. The predicted molar refractivity (Wildman–Crippen MR) is 88.0 cm³/mol. The van der Waals surface area contributed by atoms with Gasteiger partial charge in [-0.05, 0) is 40.5 Å². The lowest BCUT2D eigenvalue weighted by Gasteiger charge is -2.14. The van der Waals surface area contributed by atoms with Gasteiger partial charge in [-0.25, -0.2) is 4.21 Å². The van der Waals surface area contributed by atoms with E-state index in [-0.39, 0.29) is 18.9 Å². The van der Waals surface area contributed by atoms with Crippen molar-refractivity contribution < 1.29 is 31.7 Å². The van der Waals surface area contributed by atoms with E-state index in [0.29, 0.717) is 12.8 Å². The van der Waals surface area contributed by atoms with Gasteiger partial charge in [0.15, 0.2) is 22.0 Å². The van der Waals surface area contributed by atoms with Gasteiger partial charge in [-0.1, -0.05) is 0 Å². The smallest absolute Gasteiger partial charge is 0.307 e. The Kier molecular flexibility index (Phi) is 11.3. The van der Waals surface area contributed by atoms with Crippen molar-refractivity contribution in [2.45, 2.75) is 70.4 Å². The fraction of sp³-hybridized carbons (Fsp3) is 0.857. The molecule has 0 saturated heterocycles. The average Bonchev–Trinajstić information content (AvgIpc) is 2.42. The molecule has 0 aromatic rings. The standard InChI is InChI=1S/C14H26O7S2/c1-10(2)21-23(18)12(4)20-14(16)9-7-6-8-13(15)19-11(3)22(5)17/h10-12H,6-9H2,1-5H3. The summed E-state index contributed by atoms with van der Waals surface area (Å²) in [5.41, 5.74) is -1.47. The molecule has 136 valence electrons. The number of unbranched alkanes of at least 4 members (excludes halogenated alkanes) is 1. The summed E-state index contributed by atoms with van der Waals surface area (Å²) in [6.07, 6.45) is 2.40. The van der Waals surface area contributed by atoms with Gasteiger partial charge in [-0.2, -0.15) is 0 Å². The lowest BCUT2D eigenvalue weighted by atomic mass is 10.2. The van der Waals surface area contributed by atoms with Crippen LogP contribution in [0.4, 0.5) is 0 Å². The van der Waals surface area contributed by atoms with Crippen molar-refractivity contribution in [3.8, 4) is 0 Å². The fourth-order valence-electron chi connectivity index (χ4n) is 1.40. The van der Waals surface area contributed by atoms with E-state index in [2.05, 4.69) is 0 Å². The highest BCUT2D eigenvalue weighted by atomic mass is 32.2. The molecule has 0 heterocycles. The Labute approximate surface area is 142 Å². The molecule has 0 spiro atoms. The van der Waals surface area contributed by atoms with Crippen LogP contribution in [0.5, 0.6) is 0 Å². The number of carbonyl (C=O) groups is 2. The third-order valence-electron chi connectivity index (χ3n) is 2.63. The maximum atomic E-state index is 11.6. The first kappa shape index (κ1) is 22.2. The first-order valence-corrected chi connectivity index (χ1v) is 10.2. The molecule has 0 aromatic carbocycles. The van der Waals surface area contributed by atoms with Crippen molar-refractivity contribution in [3.63, 3.8) is 0 Å². The van der Waals surface area contributed by atoms with E-state index < -0.39 is 44.7 Å². The van der Waals surface area contributed by atoms with E-state index in [1.54, 1.807) is 20.8 Å². The molecule has 0 bridgehead atoms. The molecule has 4 unspecified atom stereocenters. The van der Waals surface area contributed by atoms with Crippen LogP contribution in [0.1, 0.15) is 53.4 Å². The normalized spacial score (nSPS) is 16.4. The van der Waals surface area contributed by atoms with E-state index in [9.17, 15) is 18.0 Å². The van der Waals surface area contributed by atoms with Gasteiger partial charge in [0, 0.05) is 19.1 Å². The highest BCUT2D eigenvalue weighted by Gasteiger charge is 2.18. The molecule has 0 saturated carbocycles. The van der Waals surface area contributed by atoms with Gasteiger partial charge in [0.25, 0.3) is 0 Å². The zero-order valence-corrected chi connectivity index (χ0v) is 15.9. The molecule has 0 fully saturated rings. The molecule has 23 heavy (non-hydrogen) atoms. The lowest BCUT2D eigenvalue weighted by Crippen LogP contribution is -2.23. The Hall–Kier alpha value is -0.800. The molecule has 4 atom stereocenters. The van der Waals surface area contributed by atoms with Gasteiger partial charge in [0.05, 0.1) is 16.9 Å². The van der Waals surface area contributed by atoms with Crippen LogP contribution in [0, 0.1) is 0 Å². The number of rotatable bonds is 11. The van der Waals surface area contributed by atoms with Crippen molar-refractivity contribution in [2.75, 3.05) is 6.26 Å². The second-order valence-corrected chi connectivity index (χ2v) is 8.26. The van der Waals surface area contributed by atoms with Gasteiger partial charge in [0.2, 0.25) is 0 Å². The van der Waals surface area contributed by atoms with Crippen LogP contribution in [-0.4, -0.2) is 43.6 Å². The molecular weight excluding hydrogens is 344 g/mol. The number of esters is 2. The van der Waals surface area contributed by atoms with E-state index in [1.165, 1.54) is 13.2 Å². The molecule has 9 heteroatoms. The maximum Gasteiger partial charge on any atom is 0.307 e. The van der Waals surface area contributed by atoms with Crippen LogP contribution in [-0.2, 0) is 45.1 Å². The van der Waals surface area contributed by atoms with Crippen LogP contribution in [0.15, 0.2) is 0 Å². The van der Waals surface area contributed by atoms with Crippen molar-refractivity contribution in [1.29, 1.82) is 0 Å². The van der Waals surface area contributed by atoms with Gasteiger partial charge >= 0.3 is 11.9 Å². The Morgan fingerprint density at radius 3 is 1.70 bits per heavy atom. The zero-order chi connectivity index (χ0) is 18.0. The van der Waals surface area contributed by atoms with Crippen molar-refractivity contribution in [1.82, 2.24) is 0 Å². The first-order valence-electron chi connectivity index (χ1n) is 7.42.